The van der Waals surface area contributed by atoms with Crippen molar-refractivity contribution in [2.24, 2.45) is 0 Å². The van der Waals surface area contributed by atoms with E-state index in [2.05, 4.69) is 10.0 Å². The number of ether oxygens (including phenoxy) is 2. The quantitative estimate of drug-likeness (QED) is 0.576. The summed E-state index contributed by atoms with van der Waals surface area (Å²) < 4.78 is 38.2. The van der Waals surface area contributed by atoms with Gasteiger partial charge in [-0.3, -0.25) is 4.79 Å². The van der Waals surface area contributed by atoms with Crippen LogP contribution in [0.2, 0.25) is 0 Å². The average Bonchev–Trinajstić information content (AvgIpc) is 2.78. The average molecular weight is 426 g/mol. The largest absolute Gasteiger partial charge is 0.497 e. The van der Waals surface area contributed by atoms with Crippen LogP contribution in [0.4, 0.5) is 5.69 Å². The molecule has 0 radical (unpaired) electrons. The van der Waals surface area contributed by atoms with Crippen LogP contribution in [0.25, 0.3) is 0 Å². The summed E-state index contributed by atoms with van der Waals surface area (Å²) in [6.45, 7) is 0.155. The molecule has 7 nitrogen and oxygen atoms in total. The van der Waals surface area contributed by atoms with Crippen molar-refractivity contribution in [1.82, 2.24) is 4.72 Å². The van der Waals surface area contributed by atoms with Crippen LogP contribution >= 0.6 is 0 Å². The molecule has 0 heterocycles. The van der Waals surface area contributed by atoms with E-state index in [0.29, 0.717) is 17.2 Å². The topological polar surface area (TPSA) is 93.7 Å². The molecule has 0 aliphatic heterocycles. The van der Waals surface area contributed by atoms with E-state index in [9.17, 15) is 13.2 Å². The second-order valence-corrected chi connectivity index (χ2v) is 8.13. The zero-order valence-electron chi connectivity index (χ0n) is 16.6. The molecular formula is C22H22N2O5S. The molecule has 1 amide bonds. The Kier molecular flexibility index (Phi) is 6.71. The molecule has 0 fully saturated rings. The molecule has 0 aliphatic carbocycles. The number of sulfonamides is 1. The highest BCUT2D eigenvalue weighted by Gasteiger charge is 2.17. The molecule has 0 unspecified atom stereocenters. The van der Waals surface area contributed by atoms with E-state index in [-0.39, 0.29) is 17.0 Å². The maximum atomic E-state index is 12.7. The third kappa shape index (κ3) is 5.16. The van der Waals surface area contributed by atoms with Crippen LogP contribution in [0.3, 0.4) is 0 Å². The number of hydrogen-bond donors (Lipinski definition) is 2. The van der Waals surface area contributed by atoms with Gasteiger partial charge in [-0.25, -0.2) is 13.1 Å². The summed E-state index contributed by atoms with van der Waals surface area (Å²) in [6.07, 6.45) is 0. The molecule has 0 saturated carbocycles. The van der Waals surface area contributed by atoms with Crippen LogP contribution in [0.15, 0.2) is 77.7 Å². The maximum absolute atomic E-state index is 12.7. The molecule has 0 atom stereocenters. The van der Waals surface area contributed by atoms with Gasteiger partial charge in [0.15, 0.2) is 0 Å². The standard InChI is InChI=1S/C22H22N2O5S/c1-28-18-11-12-20(21(14-18)29-2)24-22(25)17-9-6-10-19(13-17)30(26,27)23-15-16-7-4-3-5-8-16/h3-14,23H,15H2,1-2H3,(H,24,25). The molecule has 0 aliphatic rings. The Morgan fingerprint density at radius 2 is 1.67 bits per heavy atom. The molecule has 30 heavy (non-hydrogen) atoms. The highest BCUT2D eigenvalue weighted by atomic mass is 32.2. The van der Waals surface area contributed by atoms with E-state index < -0.39 is 15.9 Å². The zero-order valence-corrected chi connectivity index (χ0v) is 17.4. The Morgan fingerprint density at radius 1 is 0.900 bits per heavy atom. The fraction of sp³-hybridized carbons (Fsp3) is 0.136. The molecule has 0 aromatic heterocycles. The van der Waals surface area contributed by atoms with Gasteiger partial charge in [0.2, 0.25) is 10.0 Å². The lowest BCUT2D eigenvalue weighted by Gasteiger charge is -2.12. The molecule has 8 heteroatoms. The summed E-state index contributed by atoms with van der Waals surface area (Å²) >= 11 is 0. The van der Waals surface area contributed by atoms with Crippen LogP contribution in [0.5, 0.6) is 11.5 Å². The van der Waals surface area contributed by atoms with Crippen LogP contribution in [0.1, 0.15) is 15.9 Å². The predicted octanol–water partition coefficient (Wildman–Crippen LogP) is 3.43. The first-order chi connectivity index (χ1) is 14.4. The minimum atomic E-state index is -3.78. The molecule has 156 valence electrons. The molecule has 3 aromatic rings. The first-order valence-electron chi connectivity index (χ1n) is 9.10. The minimum absolute atomic E-state index is 0.00720. The summed E-state index contributed by atoms with van der Waals surface area (Å²) in [6, 6.07) is 20.0. The van der Waals surface area contributed by atoms with Crippen molar-refractivity contribution in [2.75, 3.05) is 19.5 Å². The van der Waals surface area contributed by atoms with Gasteiger partial charge in [-0.2, -0.15) is 0 Å². The number of amides is 1. The number of anilines is 1. The molecule has 0 bridgehead atoms. The van der Waals surface area contributed by atoms with Gasteiger partial charge in [0.05, 0.1) is 24.8 Å². The lowest BCUT2D eigenvalue weighted by molar-refractivity contribution is 0.102. The number of nitrogens with one attached hydrogen (secondary N) is 2. The lowest BCUT2D eigenvalue weighted by atomic mass is 10.2. The van der Waals surface area contributed by atoms with E-state index in [1.807, 2.05) is 30.3 Å². The van der Waals surface area contributed by atoms with Crippen molar-refractivity contribution in [3.05, 3.63) is 83.9 Å². The number of methoxy groups -OCH3 is 2. The van der Waals surface area contributed by atoms with E-state index in [1.165, 1.54) is 32.4 Å². The molecule has 0 saturated heterocycles. The Morgan fingerprint density at radius 3 is 2.37 bits per heavy atom. The number of carbonyl (C=O) groups is 1. The first-order valence-corrected chi connectivity index (χ1v) is 10.6. The summed E-state index contributed by atoms with van der Waals surface area (Å²) in [4.78, 5) is 12.7. The third-order valence-electron chi connectivity index (χ3n) is 4.37. The van der Waals surface area contributed by atoms with Crippen molar-refractivity contribution in [3.63, 3.8) is 0 Å². The lowest BCUT2D eigenvalue weighted by Crippen LogP contribution is -2.23. The van der Waals surface area contributed by atoms with Crippen molar-refractivity contribution in [3.8, 4) is 11.5 Å². The molecule has 3 rings (SSSR count). The van der Waals surface area contributed by atoms with Crippen LogP contribution in [-0.2, 0) is 16.6 Å². The second kappa shape index (κ2) is 9.43. The zero-order chi connectivity index (χ0) is 21.6. The summed E-state index contributed by atoms with van der Waals surface area (Å²) in [7, 11) is -0.766. The number of carbonyl (C=O) groups excluding carboxylic acids is 1. The molecule has 3 aromatic carbocycles. The fourth-order valence-electron chi connectivity index (χ4n) is 2.76. The number of hydrogen-bond acceptors (Lipinski definition) is 5. The Bertz CT molecular complexity index is 1130. The second-order valence-electron chi connectivity index (χ2n) is 6.36. The summed E-state index contributed by atoms with van der Waals surface area (Å²) in [5.41, 5.74) is 1.48. The van der Waals surface area contributed by atoms with E-state index >= 15 is 0 Å². The van der Waals surface area contributed by atoms with Crippen molar-refractivity contribution < 1.29 is 22.7 Å². The molecule has 2 N–H and O–H groups in total. The monoisotopic (exact) mass is 426 g/mol. The normalized spacial score (nSPS) is 11.0. The Hall–Kier alpha value is -3.36. The Labute approximate surface area is 175 Å². The van der Waals surface area contributed by atoms with Gasteiger partial charge < -0.3 is 14.8 Å². The molecule has 0 spiro atoms. The predicted molar refractivity (Wildman–Crippen MR) is 114 cm³/mol. The van der Waals surface area contributed by atoms with Crippen molar-refractivity contribution >= 4 is 21.6 Å². The van der Waals surface area contributed by atoms with Gasteiger partial charge in [0.1, 0.15) is 11.5 Å². The van der Waals surface area contributed by atoms with Crippen molar-refractivity contribution in [1.29, 1.82) is 0 Å². The SMILES string of the molecule is COc1ccc(NC(=O)c2cccc(S(=O)(=O)NCc3ccccc3)c2)c(OC)c1. The summed E-state index contributed by atoms with van der Waals surface area (Å²) in [5.74, 6) is 0.553. The van der Waals surface area contributed by atoms with Gasteiger partial charge in [-0.15, -0.1) is 0 Å². The van der Waals surface area contributed by atoms with Crippen LogP contribution < -0.4 is 19.5 Å². The van der Waals surface area contributed by atoms with Crippen LogP contribution in [-0.4, -0.2) is 28.5 Å². The van der Waals surface area contributed by atoms with E-state index in [4.69, 9.17) is 9.47 Å². The van der Waals surface area contributed by atoms with E-state index in [0.717, 1.165) is 5.56 Å². The first kappa shape index (κ1) is 21.4. The number of rotatable bonds is 8. The van der Waals surface area contributed by atoms with Gasteiger partial charge in [0, 0.05) is 18.2 Å². The van der Waals surface area contributed by atoms with Gasteiger partial charge in [-0.1, -0.05) is 36.4 Å². The maximum Gasteiger partial charge on any atom is 0.255 e. The highest BCUT2D eigenvalue weighted by molar-refractivity contribution is 7.89. The highest BCUT2D eigenvalue weighted by Crippen LogP contribution is 2.29. The van der Waals surface area contributed by atoms with Crippen LogP contribution in [0, 0.1) is 0 Å². The smallest absolute Gasteiger partial charge is 0.255 e. The van der Waals surface area contributed by atoms with E-state index in [1.54, 1.807) is 24.3 Å². The minimum Gasteiger partial charge on any atom is -0.497 e. The van der Waals surface area contributed by atoms with Gasteiger partial charge >= 0.3 is 0 Å². The summed E-state index contributed by atoms with van der Waals surface area (Å²) in [5, 5.41) is 2.73. The Balaban J connectivity index is 1.77. The van der Waals surface area contributed by atoms with Crippen molar-refractivity contribution in [2.45, 2.75) is 11.4 Å². The van der Waals surface area contributed by atoms with Gasteiger partial charge in [-0.05, 0) is 35.9 Å². The number of benzene rings is 3. The fourth-order valence-corrected chi connectivity index (χ4v) is 3.82. The molecular weight excluding hydrogens is 404 g/mol. The van der Waals surface area contributed by atoms with Gasteiger partial charge in [0.25, 0.3) is 5.91 Å². The third-order valence-corrected chi connectivity index (χ3v) is 5.77.